The number of hydrogen-bond donors (Lipinski definition) is 4. The molecule has 0 saturated carbocycles. The highest BCUT2D eigenvalue weighted by Crippen LogP contribution is 2.57. The summed E-state index contributed by atoms with van der Waals surface area (Å²) < 4.78 is 0. The topological polar surface area (TPSA) is 102 Å². The maximum absolute atomic E-state index is 14.4. The fourth-order valence-electron chi connectivity index (χ4n) is 7.61. The van der Waals surface area contributed by atoms with Crippen molar-refractivity contribution in [3.05, 3.63) is 71.0 Å². The number of Topliss-reactive ketones (excluding diaryl/α,β-unsaturated/α-hetero) is 1. The largest absolute Gasteiger partial charge is 0.390 e. The second-order valence-electron chi connectivity index (χ2n) is 12.2. The lowest BCUT2D eigenvalue weighted by molar-refractivity contribution is -0.146. The maximum atomic E-state index is 14.4. The molecule has 0 bridgehead atoms. The molecule has 5 rings (SSSR count). The van der Waals surface area contributed by atoms with Gasteiger partial charge in [-0.2, -0.15) is 0 Å². The summed E-state index contributed by atoms with van der Waals surface area (Å²) in [5.41, 5.74) is 3.98. The first-order valence-corrected chi connectivity index (χ1v) is 14.3. The average Bonchev–Trinajstić information content (AvgIpc) is 3.45. The van der Waals surface area contributed by atoms with Gasteiger partial charge in [-0.05, 0) is 69.1 Å². The molecule has 1 fully saturated rings. The van der Waals surface area contributed by atoms with Gasteiger partial charge in [0, 0.05) is 41.4 Å². The van der Waals surface area contributed by atoms with Crippen LogP contribution in [0.2, 0.25) is 0 Å². The molecule has 8 atom stereocenters. The van der Waals surface area contributed by atoms with Crippen LogP contribution in [0, 0.1) is 29.1 Å². The third-order valence-corrected chi connectivity index (χ3v) is 9.89. The van der Waals surface area contributed by atoms with Crippen molar-refractivity contribution in [3.8, 4) is 0 Å². The van der Waals surface area contributed by atoms with E-state index >= 15 is 0 Å². The molecule has 208 valence electrons. The lowest BCUT2D eigenvalue weighted by Gasteiger charge is -2.47. The molecule has 39 heavy (non-hydrogen) atoms. The van der Waals surface area contributed by atoms with E-state index in [2.05, 4.69) is 56.2 Å². The van der Waals surface area contributed by atoms with Crippen molar-refractivity contribution in [2.75, 3.05) is 0 Å². The van der Waals surface area contributed by atoms with E-state index in [1.807, 2.05) is 37.4 Å². The highest BCUT2D eigenvalue weighted by molar-refractivity contribution is 6.09. The number of amides is 1. The molecule has 1 saturated heterocycles. The number of fused-ring (bicyclic) bond motifs is 1. The zero-order chi connectivity index (χ0) is 28.1. The summed E-state index contributed by atoms with van der Waals surface area (Å²) >= 11 is 0. The van der Waals surface area contributed by atoms with Crippen molar-refractivity contribution in [2.45, 2.75) is 78.6 Å². The number of aliphatic hydroxyl groups excluding tert-OH is 2. The van der Waals surface area contributed by atoms with E-state index in [-0.39, 0.29) is 54.2 Å². The fraction of sp³-hybridized carbons (Fsp3) is 0.515. The molecule has 2 aliphatic carbocycles. The summed E-state index contributed by atoms with van der Waals surface area (Å²) in [4.78, 5) is 31.9. The summed E-state index contributed by atoms with van der Waals surface area (Å²) in [6.07, 6.45) is 7.62. The predicted octanol–water partition coefficient (Wildman–Crippen LogP) is 5.03. The molecule has 1 aliphatic heterocycles. The van der Waals surface area contributed by atoms with Crippen LogP contribution in [0.5, 0.6) is 0 Å². The number of rotatable bonds is 2. The highest BCUT2D eigenvalue weighted by atomic mass is 16.3. The Morgan fingerprint density at radius 3 is 2.56 bits per heavy atom. The van der Waals surface area contributed by atoms with E-state index in [0.29, 0.717) is 12.0 Å². The van der Waals surface area contributed by atoms with Gasteiger partial charge in [0.15, 0.2) is 0 Å². The molecule has 1 aromatic carbocycles. The number of benzene rings is 1. The molecule has 2 aromatic rings. The number of aromatic nitrogens is 1. The number of allylic oxidation sites excluding steroid dienone is 4. The average molecular weight is 531 g/mol. The van der Waals surface area contributed by atoms with Crippen LogP contribution in [-0.4, -0.2) is 45.1 Å². The van der Waals surface area contributed by atoms with Crippen LogP contribution in [0.4, 0.5) is 0 Å². The number of hydrogen-bond acceptors (Lipinski definition) is 4. The number of carbonyl (C=O) groups is 2. The van der Waals surface area contributed by atoms with Crippen molar-refractivity contribution in [3.63, 3.8) is 0 Å². The quantitative estimate of drug-likeness (QED) is 0.323. The smallest absolute Gasteiger partial charge is 0.235 e. The predicted molar refractivity (Wildman–Crippen MR) is 154 cm³/mol. The molecule has 0 unspecified atom stereocenters. The van der Waals surface area contributed by atoms with Crippen LogP contribution in [0.25, 0.3) is 10.9 Å². The molecule has 6 heteroatoms. The van der Waals surface area contributed by atoms with E-state index in [1.165, 1.54) is 5.57 Å². The number of nitrogens with one attached hydrogen (secondary N) is 2. The number of para-hydroxylation sites is 1. The van der Waals surface area contributed by atoms with Gasteiger partial charge < -0.3 is 20.5 Å². The van der Waals surface area contributed by atoms with Gasteiger partial charge in [-0.3, -0.25) is 9.59 Å². The third kappa shape index (κ3) is 4.52. The normalized spacial score (nSPS) is 36.0. The molecule has 2 heterocycles. The third-order valence-electron chi connectivity index (χ3n) is 9.89. The Labute approximate surface area is 231 Å². The summed E-state index contributed by atoms with van der Waals surface area (Å²) in [7, 11) is 0. The van der Waals surface area contributed by atoms with E-state index in [4.69, 9.17) is 0 Å². The van der Waals surface area contributed by atoms with Gasteiger partial charge >= 0.3 is 0 Å². The van der Waals surface area contributed by atoms with E-state index in [9.17, 15) is 19.8 Å². The Morgan fingerprint density at radius 1 is 1.05 bits per heavy atom. The Hall–Kier alpha value is -2.96. The Morgan fingerprint density at radius 2 is 1.79 bits per heavy atom. The number of ketones is 1. The van der Waals surface area contributed by atoms with Crippen LogP contribution in [-0.2, 0) is 16.0 Å². The molecule has 3 aliphatic rings. The maximum Gasteiger partial charge on any atom is 0.235 e. The first kappa shape index (κ1) is 27.6. The summed E-state index contributed by atoms with van der Waals surface area (Å²) in [5, 5.41) is 25.9. The standard InChI is InChI=1S/C33H42N2O4/c1-18-9-8-11-25-21(4)20(3)22(5)30-27(16-23-17-34-26-12-7-6-10-24(23)26)35-32(39)33(25,30)29(37)14-13-28(36)31(38)19(2)15-18/h6-8,10-12,15,17-18,21,25,27-28,30-31,34,36,38H,9,13-14,16H2,1-5H3,(H,35,39)/t18-,21+,25-,27-,28-,30-,31+,33+/m0/s1. The SMILES string of the molecule is CC1=C[C@@H](C)CC=C[C@H]2[C@H](C)C(C)=C(C)[C@H]3[C@H](Cc4c[nH]c5ccccc45)NC(=O)[C@@]23C(=O)CC[C@H](O)[C@@H]1O. The second kappa shape index (κ2) is 10.5. The monoisotopic (exact) mass is 530 g/mol. The van der Waals surface area contributed by atoms with Crippen LogP contribution >= 0.6 is 0 Å². The minimum atomic E-state index is -1.25. The van der Waals surface area contributed by atoms with Crippen LogP contribution in [0.3, 0.4) is 0 Å². The molecule has 1 amide bonds. The fourth-order valence-corrected chi connectivity index (χ4v) is 7.61. The van der Waals surface area contributed by atoms with Crippen molar-refractivity contribution < 1.29 is 19.8 Å². The zero-order valence-corrected chi connectivity index (χ0v) is 23.7. The van der Waals surface area contributed by atoms with Crippen LogP contribution in [0.1, 0.15) is 59.4 Å². The Bertz CT molecular complexity index is 1370. The van der Waals surface area contributed by atoms with Gasteiger partial charge in [-0.1, -0.05) is 61.4 Å². The van der Waals surface area contributed by atoms with Crippen molar-refractivity contribution in [1.29, 1.82) is 0 Å². The van der Waals surface area contributed by atoms with Crippen molar-refractivity contribution in [2.24, 2.45) is 29.1 Å². The van der Waals surface area contributed by atoms with E-state index < -0.39 is 17.6 Å². The summed E-state index contributed by atoms with van der Waals surface area (Å²) in [6, 6.07) is 7.92. The Balaban J connectivity index is 1.61. The minimum absolute atomic E-state index is 0.0206. The zero-order valence-electron chi connectivity index (χ0n) is 23.7. The van der Waals surface area contributed by atoms with Gasteiger partial charge in [0.25, 0.3) is 0 Å². The molecule has 4 N–H and O–H groups in total. The first-order valence-electron chi connectivity index (χ1n) is 14.3. The number of aliphatic hydroxyl groups is 2. The van der Waals surface area contributed by atoms with Gasteiger partial charge in [0.05, 0.1) is 6.10 Å². The molecule has 6 nitrogen and oxygen atoms in total. The van der Waals surface area contributed by atoms with Crippen molar-refractivity contribution in [1.82, 2.24) is 10.3 Å². The molecular formula is C33H42N2O4. The number of carbonyl (C=O) groups excluding carboxylic acids is 2. The van der Waals surface area contributed by atoms with E-state index in [0.717, 1.165) is 28.5 Å². The number of aromatic amines is 1. The molecular weight excluding hydrogens is 488 g/mol. The number of H-pyrrole nitrogens is 1. The van der Waals surface area contributed by atoms with Crippen LogP contribution < -0.4 is 5.32 Å². The van der Waals surface area contributed by atoms with Gasteiger partial charge in [0.2, 0.25) is 5.91 Å². The first-order chi connectivity index (χ1) is 18.6. The highest BCUT2D eigenvalue weighted by Gasteiger charge is 2.65. The Kier molecular flexibility index (Phi) is 7.47. The van der Waals surface area contributed by atoms with Gasteiger partial charge in [0.1, 0.15) is 17.3 Å². The second-order valence-corrected chi connectivity index (χ2v) is 12.2. The van der Waals surface area contributed by atoms with Crippen molar-refractivity contribution >= 4 is 22.6 Å². The lowest BCUT2D eigenvalue weighted by atomic mass is 9.52. The minimum Gasteiger partial charge on any atom is -0.390 e. The summed E-state index contributed by atoms with van der Waals surface area (Å²) in [6.45, 7) is 10.3. The lowest BCUT2D eigenvalue weighted by Crippen LogP contribution is -2.53. The molecule has 0 radical (unpaired) electrons. The molecule has 1 spiro atoms. The van der Waals surface area contributed by atoms with E-state index in [1.54, 1.807) is 0 Å². The molecule has 1 aromatic heterocycles. The van der Waals surface area contributed by atoms with Crippen LogP contribution in [0.15, 0.2) is 65.4 Å². The summed E-state index contributed by atoms with van der Waals surface area (Å²) in [5.74, 6) is -0.751. The van der Waals surface area contributed by atoms with Gasteiger partial charge in [-0.15, -0.1) is 0 Å². The van der Waals surface area contributed by atoms with Gasteiger partial charge in [-0.25, -0.2) is 0 Å².